The number of anilines is 1. The van der Waals surface area contributed by atoms with Crippen LogP contribution in [0.4, 0.5) is 5.69 Å². The zero-order chi connectivity index (χ0) is 14.7. The summed E-state index contributed by atoms with van der Waals surface area (Å²) in [4.78, 5) is 0. The molecule has 0 spiro atoms. The average Bonchev–Trinajstić information content (AvgIpc) is 2.52. The molecule has 0 aromatic heterocycles. The maximum atomic E-state index is 6.02. The highest BCUT2D eigenvalue weighted by atomic mass is 14.9. The normalized spacial score (nSPS) is 12.3. The van der Waals surface area contributed by atoms with Crippen molar-refractivity contribution in [2.24, 2.45) is 5.73 Å². The molecule has 1 atom stereocenters. The van der Waals surface area contributed by atoms with Gasteiger partial charge in [-0.25, -0.2) is 0 Å². The second-order valence-corrected chi connectivity index (χ2v) is 5.37. The molecule has 2 nitrogen and oxygen atoms in total. The predicted molar refractivity (Wildman–Crippen MR) is 90.5 cm³/mol. The van der Waals surface area contributed by atoms with E-state index in [1.807, 2.05) is 0 Å². The van der Waals surface area contributed by atoms with E-state index in [4.69, 9.17) is 5.73 Å². The highest BCUT2D eigenvalue weighted by molar-refractivity contribution is 5.86. The Kier molecular flexibility index (Phi) is 3.89. The van der Waals surface area contributed by atoms with Gasteiger partial charge >= 0.3 is 0 Å². The Hall–Kier alpha value is -2.32. The fraction of sp³-hybridized carbons (Fsp3) is 0.158. The summed E-state index contributed by atoms with van der Waals surface area (Å²) in [6, 6.07) is 23.3. The van der Waals surface area contributed by atoms with Gasteiger partial charge < -0.3 is 11.1 Å². The van der Waals surface area contributed by atoms with Gasteiger partial charge in [0.1, 0.15) is 0 Å². The number of hydrogen-bond donors (Lipinski definition) is 2. The summed E-state index contributed by atoms with van der Waals surface area (Å²) in [6.45, 7) is 2.66. The Bertz CT molecular complexity index is 744. The van der Waals surface area contributed by atoms with Gasteiger partial charge in [-0.3, -0.25) is 0 Å². The Morgan fingerprint density at radius 2 is 1.71 bits per heavy atom. The third kappa shape index (κ3) is 2.91. The summed E-state index contributed by atoms with van der Waals surface area (Å²) < 4.78 is 0. The van der Waals surface area contributed by atoms with Gasteiger partial charge in [-0.05, 0) is 41.0 Å². The van der Waals surface area contributed by atoms with Gasteiger partial charge in [0.05, 0.1) is 6.04 Å². The number of fused-ring (bicyclic) bond motifs is 1. The quantitative estimate of drug-likeness (QED) is 0.747. The molecule has 3 aromatic rings. The predicted octanol–water partition coefficient (Wildman–Crippen LogP) is 4.26. The van der Waals surface area contributed by atoms with E-state index < -0.39 is 0 Å². The maximum Gasteiger partial charge on any atom is 0.0642 e. The molecule has 0 fully saturated rings. The molecule has 0 aliphatic heterocycles. The zero-order valence-electron chi connectivity index (χ0n) is 12.2. The van der Waals surface area contributed by atoms with Gasteiger partial charge in [0.15, 0.2) is 0 Å². The third-order valence-electron chi connectivity index (χ3n) is 3.79. The summed E-state index contributed by atoms with van der Waals surface area (Å²) >= 11 is 0. The van der Waals surface area contributed by atoms with Crippen LogP contribution in [-0.2, 0) is 0 Å². The van der Waals surface area contributed by atoms with Crippen molar-refractivity contribution >= 4 is 16.5 Å². The fourth-order valence-corrected chi connectivity index (χ4v) is 2.75. The number of hydrogen-bond acceptors (Lipinski definition) is 2. The van der Waals surface area contributed by atoms with Crippen molar-refractivity contribution in [1.29, 1.82) is 0 Å². The molecule has 0 bridgehead atoms. The van der Waals surface area contributed by atoms with Crippen molar-refractivity contribution in [2.75, 3.05) is 11.9 Å². The molecule has 0 heterocycles. The summed E-state index contributed by atoms with van der Waals surface area (Å²) in [7, 11) is 0. The van der Waals surface area contributed by atoms with Crippen LogP contribution in [0, 0.1) is 6.92 Å². The minimum atomic E-state index is 0.109. The van der Waals surface area contributed by atoms with Crippen LogP contribution in [0.25, 0.3) is 10.8 Å². The molecule has 0 radical (unpaired) electrons. The number of benzene rings is 3. The lowest BCUT2D eigenvalue weighted by Gasteiger charge is -2.20. The number of nitrogens with two attached hydrogens (primary N) is 1. The molecule has 3 N–H and O–H groups in total. The SMILES string of the molecule is Cc1cccc(NC(CN)c2cccc3ccccc23)c1. The molecule has 21 heavy (non-hydrogen) atoms. The molecular formula is C19H20N2. The van der Waals surface area contributed by atoms with Crippen LogP contribution < -0.4 is 11.1 Å². The Morgan fingerprint density at radius 1 is 0.952 bits per heavy atom. The Labute approximate surface area is 125 Å². The molecular weight excluding hydrogens is 256 g/mol. The monoisotopic (exact) mass is 276 g/mol. The molecule has 0 aliphatic rings. The summed E-state index contributed by atoms with van der Waals surface area (Å²) in [5, 5.41) is 6.06. The van der Waals surface area contributed by atoms with Crippen LogP contribution in [0.1, 0.15) is 17.2 Å². The minimum Gasteiger partial charge on any atom is -0.377 e. The minimum absolute atomic E-state index is 0.109. The Morgan fingerprint density at radius 3 is 2.52 bits per heavy atom. The summed E-state index contributed by atoms with van der Waals surface area (Å²) in [6.07, 6.45) is 0. The lowest BCUT2D eigenvalue weighted by Crippen LogP contribution is -2.20. The van der Waals surface area contributed by atoms with Crippen molar-refractivity contribution in [3.8, 4) is 0 Å². The molecule has 1 unspecified atom stereocenters. The number of aryl methyl sites for hydroxylation is 1. The average molecular weight is 276 g/mol. The largest absolute Gasteiger partial charge is 0.377 e. The van der Waals surface area contributed by atoms with Gasteiger partial charge in [-0.2, -0.15) is 0 Å². The van der Waals surface area contributed by atoms with Crippen molar-refractivity contribution in [2.45, 2.75) is 13.0 Å². The lowest BCUT2D eigenvalue weighted by atomic mass is 9.98. The molecule has 2 heteroatoms. The second kappa shape index (κ2) is 5.98. The van der Waals surface area contributed by atoms with Crippen LogP contribution in [0.5, 0.6) is 0 Å². The van der Waals surface area contributed by atoms with Crippen LogP contribution in [-0.4, -0.2) is 6.54 Å². The van der Waals surface area contributed by atoms with Crippen molar-refractivity contribution in [1.82, 2.24) is 0 Å². The van der Waals surface area contributed by atoms with E-state index >= 15 is 0 Å². The summed E-state index contributed by atoms with van der Waals surface area (Å²) in [5.74, 6) is 0. The second-order valence-electron chi connectivity index (χ2n) is 5.37. The van der Waals surface area contributed by atoms with Crippen LogP contribution in [0.15, 0.2) is 66.7 Å². The van der Waals surface area contributed by atoms with Crippen molar-refractivity contribution in [3.63, 3.8) is 0 Å². The van der Waals surface area contributed by atoms with E-state index in [0.29, 0.717) is 6.54 Å². The van der Waals surface area contributed by atoms with Gasteiger partial charge in [0.2, 0.25) is 0 Å². The first-order valence-corrected chi connectivity index (χ1v) is 7.29. The molecule has 0 aliphatic carbocycles. The van der Waals surface area contributed by atoms with E-state index in [9.17, 15) is 0 Å². The fourth-order valence-electron chi connectivity index (χ4n) is 2.75. The first-order valence-electron chi connectivity index (χ1n) is 7.29. The Balaban J connectivity index is 1.98. The first kappa shape index (κ1) is 13.7. The molecule has 3 aromatic carbocycles. The highest BCUT2D eigenvalue weighted by Gasteiger charge is 2.12. The zero-order valence-corrected chi connectivity index (χ0v) is 12.2. The maximum absolute atomic E-state index is 6.02. The summed E-state index contributed by atoms with van der Waals surface area (Å²) in [5.41, 5.74) is 9.62. The van der Waals surface area contributed by atoms with Gasteiger partial charge in [-0.15, -0.1) is 0 Å². The lowest BCUT2D eigenvalue weighted by molar-refractivity contribution is 0.796. The molecule has 106 valence electrons. The van der Waals surface area contributed by atoms with Gasteiger partial charge in [-0.1, -0.05) is 54.6 Å². The van der Waals surface area contributed by atoms with Crippen LogP contribution in [0.2, 0.25) is 0 Å². The van der Waals surface area contributed by atoms with E-state index in [0.717, 1.165) is 5.69 Å². The molecule has 0 saturated carbocycles. The van der Waals surface area contributed by atoms with Crippen molar-refractivity contribution in [3.05, 3.63) is 77.9 Å². The van der Waals surface area contributed by atoms with E-state index in [1.165, 1.54) is 21.9 Å². The van der Waals surface area contributed by atoms with Crippen LogP contribution >= 0.6 is 0 Å². The molecule has 0 saturated heterocycles. The smallest absolute Gasteiger partial charge is 0.0642 e. The van der Waals surface area contributed by atoms with E-state index in [1.54, 1.807) is 0 Å². The first-order chi connectivity index (χ1) is 10.3. The topological polar surface area (TPSA) is 38.0 Å². The van der Waals surface area contributed by atoms with Crippen molar-refractivity contribution < 1.29 is 0 Å². The third-order valence-corrected chi connectivity index (χ3v) is 3.79. The van der Waals surface area contributed by atoms with E-state index in [-0.39, 0.29) is 6.04 Å². The number of rotatable bonds is 4. The standard InChI is InChI=1S/C19H20N2/c1-14-6-4-9-16(12-14)21-19(13-20)18-11-5-8-15-7-2-3-10-17(15)18/h2-12,19,21H,13,20H2,1H3. The molecule has 3 rings (SSSR count). The van der Waals surface area contributed by atoms with Gasteiger partial charge in [0.25, 0.3) is 0 Å². The number of nitrogens with one attached hydrogen (secondary N) is 1. The van der Waals surface area contributed by atoms with Gasteiger partial charge in [0, 0.05) is 12.2 Å². The highest BCUT2D eigenvalue weighted by Crippen LogP contribution is 2.26. The van der Waals surface area contributed by atoms with Crippen LogP contribution in [0.3, 0.4) is 0 Å². The molecule has 0 amide bonds. The van der Waals surface area contributed by atoms with E-state index in [2.05, 4.69) is 79.0 Å².